The third-order valence-corrected chi connectivity index (χ3v) is 5.37. The molecule has 0 aliphatic carbocycles. The van der Waals surface area contributed by atoms with Gasteiger partial charge in [-0.2, -0.15) is 13.2 Å². The lowest BCUT2D eigenvalue weighted by molar-refractivity contribution is -0.137. The Morgan fingerprint density at radius 2 is 1.88 bits per heavy atom. The van der Waals surface area contributed by atoms with Gasteiger partial charge in [0.25, 0.3) is 0 Å². The van der Waals surface area contributed by atoms with Crippen LogP contribution >= 0.6 is 11.6 Å². The average molecular weight is 490 g/mol. The number of hydrogen-bond donors (Lipinski definition) is 1. The van der Waals surface area contributed by atoms with Crippen LogP contribution in [0.4, 0.5) is 13.2 Å². The molecule has 0 fully saturated rings. The Kier molecular flexibility index (Phi) is 8.34. The Morgan fingerprint density at radius 1 is 1.15 bits per heavy atom. The Labute approximate surface area is 200 Å². The highest BCUT2D eigenvalue weighted by Crippen LogP contribution is 2.34. The van der Waals surface area contributed by atoms with Crippen molar-refractivity contribution in [1.82, 2.24) is 4.98 Å². The van der Waals surface area contributed by atoms with Gasteiger partial charge in [-0.25, -0.2) is 9.78 Å². The van der Waals surface area contributed by atoms with Crippen molar-refractivity contribution in [2.75, 3.05) is 0 Å². The van der Waals surface area contributed by atoms with E-state index in [9.17, 15) is 18.0 Å². The summed E-state index contributed by atoms with van der Waals surface area (Å²) in [6.45, 7) is 2.06. The van der Waals surface area contributed by atoms with E-state index in [0.717, 1.165) is 31.1 Å². The molecule has 1 N–H and O–H groups in total. The Balaban J connectivity index is 1.86. The van der Waals surface area contributed by atoms with Crippen LogP contribution in [0.3, 0.4) is 0 Å². The molecular weight excluding hydrogens is 467 g/mol. The third kappa shape index (κ3) is 6.84. The van der Waals surface area contributed by atoms with Gasteiger partial charge >= 0.3 is 12.1 Å². The molecule has 0 saturated heterocycles. The number of ether oxygens (including phenoxy) is 1. The first-order chi connectivity index (χ1) is 16.2. The summed E-state index contributed by atoms with van der Waals surface area (Å²) in [6.07, 6.45) is 0.0996. The monoisotopic (exact) mass is 489 g/mol. The molecular formula is C26H23ClF3NO3. The van der Waals surface area contributed by atoms with Crippen molar-refractivity contribution in [1.29, 1.82) is 0 Å². The lowest BCUT2D eigenvalue weighted by Gasteiger charge is -2.20. The number of rotatable bonds is 9. The zero-order valence-corrected chi connectivity index (χ0v) is 19.1. The molecule has 0 unspecified atom stereocenters. The lowest BCUT2D eigenvalue weighted by atomic mass is 10.1. The molecule has 0 radical (unpaired) electrons. The number of halogens is 4. The maximum absolute atomic E-state index is 12.9. The molecule has 1 atom stereocenters. The fourth-order valence-corrected chi connectivity index (χ4v) is 3.55. The van der Waals surface area contributed by atoms with Crippen LogP contribution in [-0.2, 0) is 11.0 Å². The number of carboxylic acids is 1. The first kappa shape index (κ1) is 25.3. The van der Waals surface area contributed by atoms with Crippen molar-refractivity contribution in [3.05, 3.63) is 88.6 Å². The zero-order valence-electron chi connectivity index (χ0n) is 18.3. The van der Waals surface area contributed by atoms with Crippen molar-refractivity contribution in [2.45, 2.75) is 38.5 Å². The van der Waals surface area contributed by atoms with Gasteiger partial charge in [0.1, 0.15) is 11.9 Å². The number of carboxylic acid groups (broad SMARTS) is 1. The van der Waals surface area contributed by atoms with Gasteiger partial charge in [-0.15, -0.1) is 0 Å². The second kappa shape index (κ2) is 11.2. The van der Waals surface area contributed by atoms with Crippen molar-refractivity contribution < 1.29 is 27.8 Å². The molecule has 178 valence electrons. The summed E-state index contributed by atoms with van der Waals surface area (Å²) in [4.78, 5) is 15.4. The fraction of sp³-hybridized carbons (Fsp3) is 0.231. The molecule has 1 aromatic heterocycles. The first-order valence-electron chi connectivity index (χ1n) is 10.7. The van der Waals surface area contributed by atoms with Gasteiger partial charge in [-0.05, 0) is 60.9 Å². The van der Waals surface area contributed by atoms with Crippen LogP contribution in [0.1, 0.15) is 49.1 Å². The molecule has 2 aromatic carbocycles. The van der Waals surface area contributed by atoms with Crippen LogP contribution < -0.4 is 4.74 Å². The fourth-order valence-electron chi connectivity index (χ4n) is 3.32. The van der Waals surface area contributed by atoms with Crippen LogP contribution in [0.2, 0.25) is 5.02 Å². The molecule has 0 aliphatic rings. The van der Waals surface area contributed by atoms with Gasteiger partial charge in [-0.1, -0.05) is 49.2 Å². The van der Waals surface area contributed by atoms with Crippen LogP contribution in [-0.4, -0.2) is 16.1 Å². The second-order valence-electron chi connectivity index (χ2n) is 7.63. The number of aliphatic carboxylic acids is 1. The summed E-state index contributed by atoms with van der Waals surface area (Å²) < 4.78 is 44.8. The van der Waals surface area contributed by atoms with Crippen LogP contribution in [0.15, 0.2) is 66.7 Å². The predicted octanol–water partition coefficient (Wildman–Crippen LogP) is 7.83. The van der Waals surface area contributed by atoms with E-state index in [0.29, 0.717) is 39.7 Å². The van der Waals surface area contributed by atoms with Crippen molar-refractivity contribution >= 4 is 23.6 Å². The highest BCUT2D eigenvalue weighted by molar-refractivity contribution is 6.32. The Bertz CT molecular complexity index is 1160. The number of hydrogen-bond acceptors (Lipinski definition) is 3. The zero-order chi connectivity index (χ0) is 24.7. The summed E-state index contributed by atoms with van der Waals surface area (Å²) in [5.74, 6) is -0.632. The number of pyridine rings is 1. The first-order valence-corrected chi connectivity index (χ1v) is 11.1. The van der Waals surface area contributed by atoms with Gasteiger partial charge in [-0.3, -0.25) is 0 Å². The van der Waals surface area contributed by atoms with E-state index >= 15 is 0 Å². The van der Waals surface area contributed by atoms with Crippen molar-refractivity contribution in [3.8, 4) is 17.0 Å². The van der Waals surface area contributed by atoms with Gasteiger partial charge in [0, 0.05) is 11.6 Å². The maximum Gasteiger partial charge on any atom is 0.416 e. The summed E-state index contributed by atoms with van der Waals surface area (Å²) in [5.41, 5.74) is 1.64. The minimum Gasteiger partial charge on any atom is -0.483 e. The Hall–Kier alpha value is -3.32. The summed E-state index contributed by atoms with van der Waals surface area (Å²) >= 11 is 6.37. The molecule has 0 amide bonds. The molecule has 0 spiro atoms. The summed E-state index contributed by atoms with van der Waals surface area (Å²) in [7, 11) is 0. The van der Waals surface area contributed by atoms with E-state index in [1.165, 1.54) is 18.2 Å². The molecule has 8 heteroatoms. The molecule has 1 heterocycles. The molecule has 3 aromatic rings. The molecule has 4 nitrogen and oxygen atoms in total. The third-order valence-electron chi connectivity index (χ3n) is 5.07. The maximum atomic E-state index is 12.9. The Morgan fingerprint density at radius 3 is 2.50 bits per heavy atom. The largest absolute Gasteiger partial charge is 0.483 e. The van der Waals surface area contributed by atoms with E-state index in [4.69, 9.17) is 21.4 Å². The van der Waals surface area contributed by atoms with Crippen LogP contribution in [0.25, 0.3) is 17.3 Å². The SMILES string of the molecule is CCCC[C@@H](Oc1ccc(C=CC(=O)O)cc1Cl)c1cccc(-c2ccc(C(F)(F)F)cc2)n1. The number of nitrogens with zero attached hydrogens (tertiary/aromatic N) is 1. The lowest BCUT2D eigenvalue weighted by Crippen LogP contribution is -2.10. The van der Waals surface area contributed by atoms with Gasteiger partial charge in [0.15, 0.2) is 0 Å². The van der Waals surface area contributed by atoms with Gasteiger partial charge in [0.2, 0.25) is 0 Å². The van der Waals surface area contributed by atoms with Crippen LogP contribution in [0.5, 0.6) is 5.75 Å². The summed E-state index contributed by atoms with van der Waals surface area (Å²) in [6, 6.07) is 15.2. The van der Waals surface area contributed by atoms with E-state index < -0.39 is 23.8 Å². The minimum absolute atomic E-state index is 0.327. The van der Waals surface area contributed by atoms with Crippen molar-refractivity contribution in [2.24, 2.45) is 0 Å². The number of alkyl halides is 3. The molecule has 0 saturated carbocycles. The molecule has 0 bridgehead atoms. The summed E-state index contributed by atoms with van der Waals surface area (Å²) in [5, 5.41) is 9.11. The highest BCUT2D eigenvalue weighted by atomic mass is 35.5. The number of aromatic nitrogens is 1. The average Bonchev–Trinajstić information content (AvgIpc) is 2.81. The molecule has 0 aliphatic heterocycles. The molecule has 34 heavy (non-hydrogen) atoms. The van der Waals surface area contributed by atoms with Gasteiger partial charge < -0.3 is 9.84 Å². The number of carbonyl (C=O) groups is 1. The van der Waals surface area contributed by atoms with E-state index in [1.807, 2.05) is 6.07 Å². The van der Waals surface area contributed by atoms with Crippen molar-refractivity contribution in [3.63, 3.8) is 0 Å². The minimum atomic E-state index is -4.40. The van der Waals surface area contributed by atoms with E-state index in [2.05, 4.69) is 11.9 Å². The second-order valence-corrected chi connectivity index (χ2v) is 8.04. The topological polar surface area (TPSA) is 59.4 Å². The van der Waals surface area contributed by atoms with Crippen LogP contribution in [0, 0.1) is 0 Å². The predicted molar refractivity (Wildman–Crippen MR) is 126 cm³/mol. The smallest absolute Gasteiger partial charge is 0.416 e. The van der Waals surface area contributed by atoms with E-state index in [1.54, 1.807) is 30.3 Å². The number of unbranched alkanes of at least 4 members (excludes halogenated alkanes) is 1. The highest BCUT2D eigenvalue weighted by Gasteiger charge is 2.30. The van der Waals surface area contributed by atoms with E-state index in [-0.39, 0.29) is 0 Å². The quantitative estimate of drug-likeness (QED) is 0.311. The van der Waals surface area contributed by atoms with Gasteiger partial charge in [0.05, 0.1) is 22.0 Å². The molecule has 3 rings (SSSR count). The number of benzene rings is 2. The standard InChI is InChI=1S/C26H23ClF3NO3/c1-2-3-7-24(34-23-14-8-17(16-20(23)27)9-15-25(32)33)22-6-4-5-21(31-22)18-10-12-19(13-11-18)26(28,29)30/h4-6,8-16,24H,2-3,7H2,1H3,(H,32,33)/t24-/m1/s1. The normalized spacial score (nSPS) is 12.6.